The summed E-state index contributed by atoms with van der Waals surface area (Å²) in [5.41, 5.74) is 0. The number of allylic oxidation sites excluding steroid dienone is 1. The Bertz CT molecular complexity index is 216. The highest BCUT2D eigenvalue weighted by molar-refractivity contribution is 5.05. The van der Waals surface area contributed by atoms with Gasteiger partial charge in [-0.1, -0.05) is 19.3 Å². The number of hydrogen-bond acceptors (Lipinski definition) is 2. The molecule has 1 saturated heterocycles. The molecule has 0 aromatic rings. The number of rotatable bonds is 1. The quantitative estimate of drug-likeness (QED) is 0.632. The highest BCUT2D eigenvalue weighted by Gasteiger charge is 2.28. The molecule has 2 heteroatoms. The van der Waals surface area contributed by atoms with Gasteiger partial charge in [0, 0.05) is 26.2 Å². The molecule has 1 aliphatic carbocycles. The summed E-state index contributed by atoms with van der Waals surface area (Å²) in [6.45, 7) is 4.60. The largest absolute Gasteiger partial charge is 0.360 e. The molecular weight excluding hydrogens is 172 g/mol. The van der Waals surface area contributed by atoms with Crippen LogP contribution in [0.15, 0.2) is 11.9 Å². The third-order valence-corrected chi connectivity index (χ3v) is 3.64. The average molecular weight is 194 g/mol. The van der Waals surface area contributed by atoms with Crippen LogP contribution < -0.4 is 0 Å². The Kier molecular flexibility index (Phi) is 2.99. The lowest BCUT2D eigenvalue weighted by molar-refractivity contribution is 0.215. The second kappa shape index (κ2) is 4.24. The predicted octanol–water partition coefficient (Wildman–Crippen LogP) is 2.43. The minimum Gasteiger partial charge on any atom is -0.360 e. The second-order valence-electron chi connectivity index (χ2n) is 4.55. The van der Waals surface area contributed by atoms with Gasteiger partial charge in [-0.05, 0) is 25.8 Å². The first-order valence-electron chi connectivity index (χ1n) is 5.97. The topological polar surface area (TPSA) is 6.48 Å². The zero-order valence-electron chi connectivity index (χ0n) is 9.50. The van der Waals surface area contributed by atoms with Gasteiger partial charge in [-0.15, -0.1) is 0 Å². The van der Waals surface area contributed by atoms with Crippen LogP contribution >= 0.6 is 0 Å². The van der Waals surface area contributed by atoms with Crippen LogP contribution in [0.1, 0.15) is 39.0 Å². The summed E-state index contributed by atoms with van der Waals surface area (Å²) >= 11 is 0. The van der Waals surface area contributed by atoms with Crippen molar-refractivity contribution in [3.05, 3.63) is 11.9 Å². The highest BCUT2D eigenvalue weighted by atomic mass is 15.4. The van der Waals surface area contributed by atoms with Crippen LogP contribution in [-0.2, 0) is 0 Å². The Labute approximate surface area is 87.6 Å². The van der Waals surface area contributed by atoms with Gasteiger partial charge in [0.15, 0.2) is 0 Å². The van der Waals surface area contributed by atoms with E-state index in [4.69, 9.17) is 0 Å². The maximum absolute atomic E-state index is 2.62. The molecule has 0 spiro atoms. The van der Waals surface area contributed by atoms with E-state index >= 15 is 0 Å². The van der Waals surface area contributed by atoms with E-state index in [0.717, 1.165) is 6.04 Å². The van der Waals surface area contributed by atoms with Crippen LogP contribution in [0.3, 0.4) is 0 Å². The molecule has 0 amide bonds. The van der Waals surface area contributed by atoms with Crippen molar-refractivity contribution in [3.63, 3.8) is 0 Å². The zero-order valence-corrected chi connectivity index (χ0v) is 9.50. The van der Waals surface area contributed by atoms with E-state index in [0.29, 0.717) is 0 Å². The lowest BCUT2D eigenvalue weighted by Gasteiger charge is -2.33. The van der Waals surface area contributed by atoms with Crippen molar-refractivity contribution in [2.75, 3.05) is 20.1 Å². The van der Waals surface area contributed by atoms with Crippen molar-refractivity contribution in [1.82, 2.24) is 9.80 Å². The standard InChI is InChI=1S/C12H22N2/c1-3-12-13(2)9-10-14(12)11-7-5-4-6-8-11/h3,11H,4-10H2,1-2H3/b12-3-. The molecule has 0 aromatic heterocycles. The molecule has 0 aromatic carbocycles. The molecular formula is C12H22N2. The van der Waals surface area contributed by atoms with Gasteiger partial charge < -0.3 is 9.80 Å². The third kappa shape index (κ3) is 1.75. The number of hydrogen-bond donors (Lipinski definition) is 0. The van der Waals surface area contributed by atoms with Crippen LogP contribution in [0.4, 0.5) is 0 Å². The summed E-state index contributed by atoms with van der Waals surface area (Å²) in [4.78, 5) is 5.01. The van der Waals surface area contributed by atoms with E-state index in [1.54, 1.807) is 0 Å². The summed E-state index contributed by atoms with van der Waals surface area (Å²) in [5, 5.41) is 0. The first-order valence-corrected chi connectivity index (χ1v) is 5.97. The fourth-order valence-corrected chi connectivity index (χ4v) is 2.85. The van der Waals surface area contributed by atoms with Crippen molar-refractivity contribution in [3.8, 4) is 0 Å². The molecule has 14 heavy (non-hydrogen) atoms. The second-order valence-corrected chi connectivity index (χ2v) is 4.55. The molecule has 0 N–H and O–H groups in total. The van der Waals surface area contributed by atoms with Gasteiger partial charge in [0.05, 0.1) is 5.82 Å². The number of nitrogens with zero attached hydrogens (tertiary/aromatic N) is 2. The van der Waals surface area contributed by atoms with Crippen molar-refractivity contribution in [2.24, 2.45) is 0 Å². The normalized spacial score (nSPS) is 27.7. The fraction of sp³-hybridized carbons (Fsp3) is 0.833. The molecule has 1 aliphatic heterocycles. The Balaban J connectivity index is 2.02. The van der Waals surface area contributed by atoms with Gasteiger partial charge in [-0.2, -0.15) is 0 Å². The Hall–Kier alpha value is -0.660. The molecule has 0 atom stereocenters. The molecule has 2 rings (SSSR count). The van der Waals surface area contributed by atoms with Crippen molar-refractivity contribution in [2.45, 2.75) is 45.1 Å². The summed E-state index contributed by atoms with van der Waals surface area (Å²) in [7, 11) is 2.21. The Morgan fingerprint density at radius 1 is 1.14 bits per heavy atom. The highest BCUT2D eigenvalue weighted by Crippen LogP contribution is 2.28. The lowest BCUT2D eigenvalue weighted by Crippen LogP contribution is -2.34. The van der Waals surface area contributed by atoms with E-state index < -0.39 is 0 Å². The van der Waals surface area contributed by atoms with E-state index in [1.807, 2.05) is 0 Å². The first-order chi connectivity index (χ1) is 6.83. The summed E-state index contributed by atoms with van der Waals surface area (Å²) in [5.74, 6) is 1.46. The van der Waals surface area contributed by atoms with Crippen molar-refractivity contribution in [1.29, 1.82) is 0 Å². The molecule has 80 valence electrons. The Morgan fingerprint density at radius 3 is 2.50 bits per heavy atom. The Morgan fingerprint density at radius 2 is 1.86 bits per heavy atom. The van der Waals surface area contributed by atoms with Crippen LogP contribution in [0.2, 0.25) is 0 Å². The van der Waals surface area contributed by atoms with Gasteiger partial charge in [-0.3, -0.25) is 0 Å². The lowest BCUT2D eigenvalue weighted by atomic mass is 9.94. The summed E-state index contributed by atoms with van der Waals surface area (Å²) in [6, 6.07) is 0.833. The van der Waals surface area contributed by atoms with Crippen LogP contribution in [0.25, 0.3) is 0 Å². The molecule has 2 aliphatic rings. The number of likely N-dealkylation sites (N-methyl/N-ethyl adjacent to an activating group) is 1. The maximum Gasteiger partial charge on any atom is 0.0996 e. The van der Waals surface area contributed by atoms with Crippen LogP contribution in [0, 0.1) is 0 Å². The van der Waals surface area contributed by atoms with Crippen LogP contribution in [-0.4, -0.2) is 36.0 Å². The molecule has 2 fully saturated rings. The van der Waals surface area contributed by atoms with Crippen LogP contribution in [0.5, 0.6) is 0 Å². The molecule has 2 nitrogen and oxygen atoms in total. The van der Waals surface area contributed by atoms with E-state index in [1.165, 1.54) is 51.0 Å². The summed E-state index contributed by atoms with van der Waals surface area (Å²) < 4.78 is 0. The molecule has 0 unspecified atom stereocenters. The van der Waals surface area contributed by atoms with E-state index in [2.05, 4.69) is 29.8 Å². The van der Waals surface area contributed by atoms with Gasteiger partial charge in [-0.25, -0.2) is 0 Å². The SMILES string of the molecule is C/C=C1/N(C)CCN1C1CCCCC1. The van der Waals surface area contributed by atoms with E-state index in [9.17, 15) is 0 Å². The van der Waals surface area contributed by atoms with Gasteiger partial charge in [0.2, 0.25) is 0 Å². The van der Waals surface area contributed by atoms with Gasteiger partial charge in [0.1, 0.15) is 0 Å². The van der Waals surface area contributed by atoms with Crippen molar-refractivity contribution >= 4 is 0 Å². The van der Waals surface area contributed by atoms with Gasteiger partial charge >= 0.3 is 0 Å². The first kappa shape index (κ1) is 9.88. The molecule has 1 saturated carbocycles. The van der Waals surface area contributed by atoms with Crippen molar-refractivity contribution < 1.29 is 0 Å². The smallest absolute Gasteiger partial charge is 0.0996 e. The fourth-order valence-electron chi connectivity index (χ4n) is 2.85. The maximum atomic E-state index is 2.62. The predicted molar refractivity (Wildman–Crippen MR) is 60.0 cm³/mol. The zero-order chi connectivity index (χ0) is 9.97. The third-order valence-electron chi connectivity index (χ3n) is 3.64. The van der Waals surface area contributed by atoms with Gasteiger partial charge in [0.25, 0.3) is 0 Å². The minimum absolute atomic E-state index is 0.833. The molecule has 0 radical (unpaired) electrons. The summed E-state index contributed by atoms with van der Waals surface area (Å²) in [6.07, 6.45) is 9.40. The van der Waals surface area contributed by atoms with E-state index in [-0.39, 0.29) is 0 Å². The minimum atomic E-state index is 0.833. The molecule has 0 bridgehead atoms. The monoisotopic (exact) mass is 194 g/mol. The molecule has 1 heterocycles. The average Bonchev–Trinajstić information content (AvgIpc) is 2.61.